The minimum atomic E-state index is 0.159. The molecule has 0 saturated heterocycles. The third kappa shape index (κ3) is 6.01. The predicted molar refractivity (Wildman–Crippen MR) is 82.0 cm³/mol. The van der Waals surface area contributed by atoms with E-state index in [0.29, 0.717) is 12.3 Å². The van der Waals surface area contributed by atoms with Crippen LogP contribution in [-0.2, 0) is 11.2 Å². The van der Waals surface area contributed by atoms with Gasteiger partial charge in [-0.2, -0.15) is 0 Å². The van der Waals surface area contributed by atoms with Crippen molar-refractivity contribution < 1.29 is 4.79 Å². The zero-order valence-corrected chi connectivity index (χ0v) is 13.6. The molecule has 0 radical (unpaired) electrons. The number of unbranched alkanes of at least 4 members (excludes halogenated alkanes) is 2. The number of carbonyl (C=O) groups is 1. The van der Waals surface area contributed by atoms with E-state index < -0.39 is 0 Å². The summed E-state index contributed by atoms with van der Waals surface area (Å²) in [6.07, 6.45) is 6.54. The van der Waals surface area contributed by atoms with Gasteiger partial charge in [0, 0.05) is 18.3 Å². The Kier molecular flexibility index (Phi) is 7.59. The molecule has 1 aromatic heterocycles. The lowest BCUT2D eigenvalue weighted by atomic mass is 9.93. The van der Waals surface area contributed by atoms with Crippen LogP contribution in [-0.4, -0.2) is 13.0 Å². The molecule has 0 spiro atoms. The number of nitrogens with one attached hydrogen (secondary N) is 1. The molecule has 0 aliphatic rings. The fraction of sp³-hybridized carbons (Fsp3) is 0.643. The first-order chi connectivity index (χ1) is 8.65. The minimum Gasteiger partial charge on any atom is -0.359 e. The second-order valence-electron chi connectivity index (χ2n) is 4.65. The van der Waals surface area contributed by atoms with Crippen LogP contribution in [0.4, 0.5) is 0 Å². The van der Waals surface area contributed by atoms with E-state index >= 15 is 0 Å². The van der Waals surface area contributed by atoms with Crippen molar-refractivity contribution in [2.45, 2.75) is 45.4 Å². The molecular formula is C14H22BrNOS. The maximum Gasteiger partial charge on any atom is 0.220 e. The maximum atomic E-state index is 11.5. The van der Waals surface area contributed by atoms with Gasteiger partial charge in [0.2, 0.25) is 5.91 Å². The number of thiophene rings is 1. The Morgan fingerprint density at radius 3 is 2.78 bits per heavy atom. The average molecular weight is 332 g/mol. The molecule has 1 heterocycles. The zero-order valence-electron chi connectivity index (χ0n) is 11.2. The summed E-state index contributed by atoms with van der Waals surface area (Å²) in [4.78, 5) is 12.9. The van der Waals surface area contributed by atoms with E-state index in [1.165, 1.54) is 27.9 Å². The van der Waals surface area contributed by atoms with Crippen LogP contribution >= 0.6 is 27.3 Å². The Labute approximate surface area is 122 Å². The first-order valence-corrected chi connectivity index (χ1v) is 8.21. The third-order valence-electron chi connectivity index (χ3n) is 3.09. The lowest BCUT2D eigenvalue weighted by molar-refractivity contribution is -0.121. The van der Waals surface area contributed by atoms with E-state index in [1.807, 2.05) is 0 Å². The van der Waals surface area contributed by atoms with Gasteiger partial charge in [0.25, 0.3) is 0 Å². The molecule has 1 aromatic rings. The fourth-order valence-electron chi connectivity index (χ4n) is 2.07. The van der Waals surface area contributed by atoms with Crippen LogP contribution in [0, 0.1) is 5.92 Å². The van der Waals surface area contributed by atoms with E-state index in [4.69, 9.17) is 0 Å². The standard InChI is InChI=1S/C14H22BrNOS/c1-3-4-5-6-11(10-14(17)16-2)9-12-7-8-13(15)18-12/h7-8,11H,3-6,9-10H2,1-2H3,(H,16,17). The largest absolute Gasteiger partial charge is 0.359 e. The molecular weight excluding hydrogens is 310 g/mol. The number of hydrogen-bond acceptors (Lipinski definition) is 2. The van der Waals surface area contributed by atoms with Gasteiger partial charge in [-0.05, 0) is 46.8 Å². The molecule has 1 atom stereocenters. The number of amides is 1. The Hall–Kier alpha value is -0.350. The summed E-state index contributed by atoms with van der Waals surface area (Å²) in [6, 6.07) is 4.24. The van der Waals surface area contributed by atoms with Gasteiger partial charge in [-0.1, -0.05) is 26.2 Å². The second-order valence-corrected chi connectivity index (χ2v) is 7.20. The van der Waals surface area contributed by atoms with Crippen LogP contribution in [0.25, 0.3) is 0 Å². The monoisotopic (exact) mass is 331 g/mol. The summed E-state index contributed by atoms with van der Waals surface area (Å²) in [7, 11) is 1.72. The van der Waals surface area contributed by atoms with Crippen molar-refractivity contribution in [3.05, 3.63) is 20.8 Å². The lowest BCUT2D eigenvalue weighted by Gasteiger charge is -2.15. The van der Waals surface area contributed by atoms with Crippen molar-refractivity contribution in [2.75, 3.05) is 7.05 Å². The Morgan fingerprint density at radius 1 is 1.44 bits per heavy atom. The van der Waals surface area contributed by atoms with Gasteiger partial charge in [-0.15, -0.1) is 11.3 Å². The van der Waals surface area contributed by atoms with Gasteiger partial charge in [0.15, 0.2) is 0 Å². The zero-order chi connectivity index (χ0) is 13.4. The van der Waals surface area contributed by atoms with Gasteiger partial charge in [0.05, 0.1) is 3.79 Å². The van der Waals surface area contributed by atoms with E-state index in [0.717, 1.165) is 12.8 Å². The molecule has 0 aromatic carbocycles. The highest BCUT2D eigenvalue weighted by molar-refractivity contribution is 9.11. The molecule has 1 amide bonds. The topological polar surface area (TPSA) is 29.1 Å². The van der Waals surface area contributed by atoms with E-state index in [-0.39, 0.29) is 5.91 Å². The maximum absolute atomic E-state index is 11.5. The molecule has 4 heteroatoms. The number of hydrogen-bond donors (Lipinski definition) is 1. The van der Waals surface area contributed by atoms with Crippen molar-refractivity contribution in [3.63, 3.8) is 0 Å². The van der Waals surface area contributed by atoms with Crippen LogP contribution < -0.4 is 5.32 Å². The van der Waals surface area contributed by atoms with Gasteiger partial charge in [-0.25, -0.2) is 0 Å². The molecule has 0 saturated carbocycles. The van der Waals surface area contributed by atoms with Crippen LogP contribution in [0.3, 0.4) is 0 Å². The third-order valence-corrected chi connectivity index (χ3v) is 4.73. The molecule has 0 aliphatic heterocycles. The molecule has 0 fully saturated rings. The summed E-state index contributed by atoms with van der Waals surface area (Å²) < 4.78 is 1.17. The van der Waals surface area contributed by atoms with Gasteiger partial charge >= 0.3 is 0 Å². The SMILES string of the molecule is CCCCCC(CC(=O)NC)Cc1ccc(Br)s1. The summed E-state index contributed by atoms with van der Waals surface area (Å²) in [5, 5.41) is 2.73. The average Bonchev–Trinajstić information content (AvgIpc) is 2.74. The molecule has 102 valence electrons. The highest BCUT2D eigenvalue weighted by Gasteiger charge is 2.14. The van der Waals surface area contributed by atoms with Gasteiger partial charge < -0.3 is 5.32 Å². The Bertz CT molecular complexity index is 364. The second kappa shape index (κ2) is 8.70. The predicted octanol–water partition coefficient (Wildman–Crippen LogP) is 4.39. The van der Waals surface area contributed by atoms with Crippen molar-refractivity contribution in [1.29, 1.82) is 0 Å². The van der Waals surface area contributed by atoms with Crippen molar-refractivity contribution >= 4 is 33.2 Å². The minimum absolute atomic E-state index is 0.159. The first kappa shape index (κ1) is 15.7. The van der Waals surface area contributed by atoms with Crippen molar-refractivity contribution in [3.8, 4) is 0 Å². The van der Waals surface area contributed by atoms with Gasteiger partial charge in [-0.3, -0.25) is 4.79 Å². The quantitative estimate of drug-likeness (QED) is 0.703. The highest BCUT2D eigenvalue weighted by Crippen LogP contribution is 2.27. The van der Waals surface area contributed by atoms with Crippen molar-refractivity contribution in [1.82, 2.24) is 5.32 Å². The normalized spacial score (nSPS) is 12.4. The van der Waals surface area contributed by atoms with E-state index in [9.17, 15) is 4.79 Å². The van der Waals surface area contributed by atoms with Crippen LogP contribution in [0.1, 0.15) is 43.9 Å². The van der Waals surface area contributed by atoms with Crippen LogP contribution in [0.5, 0.6) is 0 Å². The summed E-state index contributed by atoms with van der Waals surface area (Å²) in [5.74, 6) is 0.633. The van der Waals surface area contributed by atoms with Crippen molar-refractivity contribution in [2.24, 2.45) is 5.92 Å². The number of halogens is 1. The molecule has 1 unspecified atom stereocenters. The first-order valence-electron chi connectivity index (χ1n) is 6.60. The molecule has 0 bridgehead atoms. The number of carbonyl (C=O) groups excluding carboxylic acids is 1. The lowest BCUT2D eigenvalue weighted by Crippen LogP contribution is -2.22. The summed E-state index contributed by atoms with van der Waals surface area (Å²) in [5.41, 5.74) is 0. The summed E-state index contributed by atoms with van der Waals surface area (Å²) >= 11 is 5.26. The van der Waals surface area contributed by atoms with E-state index in [2.05, 4.69) is 40.3 Å². The molecule has 18 heavy (non-hydrogen) atoms. The Balaban J connectivity index is 2.50. The smallest absolute Gasteiger partial charge is 0.220 e. The molecule has 0 aliphatic carbocycles. The molecule has 1 N–H and O–H groups in total. The highest BCUT2D eigenvalue weighted by atomic mass is 79.9. The van der Waals surface area contributed by atoms with Gasteiger partial charge in [0.1, 0.15) is 0 Å². The van der Waals surface area contributed by atoms with Crippen LogP contribution in [0.2, 0.25) is 0 Å². The molecule has 2 nitrogen and oxygen atoms in total. The fourth-order valence-corrected chi connectivity index (χ4v) is 3.67. The van der Waals surface area contributed by atoms with E-state index in [1.54, 1.807) is 18.4 Å². The number of rotatable bonds is 8. The summed E-state index contributed by atoms with van der Waals surface area (Å²) in [6.45, 7) is 2.21. The molecule has 1 rings (SSSR count). The Morgan fingerprint density at radius 2 is 2.22 bits per heavy atom. The van der Waals surface area contributed by atoms with Crippen LogP contribution in [0.15, 0.2) is 15.9 Å².